The van der Waals surface area contributed by atoms with Crippen LogP contribution in [0.3, 0.4) is 0 Å². The van der Waals surface area contributed by atoms with Gasteiger partial charge in [-0.05, 0) is 48.5 Å². The van der Waals surface area contributed by atoms with Gasteiger partial charge in [0.25, 0.3) is 10.0 Å². The predicted molar refractivity (Wildman–Crippen MR) is 110 cm³/mol. The first kappa shape index (κ1) is 19.9. The Kier molecular flexibility index (Phi) is 5.79. The Morgan fingerprint density at radius 1 is 0.724 bits per heavy atom. The van der Waals surface area contributed by atoms with E-state index < -0.39 is 22.0 Å². The van der Waals surface area contributed by atoms with E-state index in [4.69, 9.17) is 0 Å². The van der Waals surface area contributed by atoms with Crippen molar-refractivity contribution in [1.29, 1.82) is 0 Å². The molecule has 8 nitrogen and oxygen atoms in total. The monoisotopic (exact) mass is 411 g/mol. The van der Waals surface area contributed by atoms with Crippen LogP contribution in [0, 0.1) is 0 Å². The van der Waals surface area contributed by atoms with E-state index in [9.17, 15) is 23.1 Å². The maximum Gasteiger partial charge on any atom is 0.337 e. The molecule has 0 aliphatic heterocycles. The number of sulfonamides is 1. The molecule has 0 saturated carbocycles. The number of anilines is 3. The summed E-state index contributed by atoms with van der Waals surface area (Å²) in [5.74, 6) is -1.24. The van der Waals surface area contributed by atoms with Gasteiger partial charge < -0.3 is 15.7 Å². The number of hydrogen-bond acceptors (Lipinski definition) is 4. The molecule has 3 aromatic carbocycles. The normalized spacial score (nSPS) is 10.8. The third kappa shape index (κ3) is 5.11. The summed E-state index contributed by atoms with van der Waals surface area (Å²) in [6, 6.07) is 19.6. The quantitative estimate of drug-likeness (QED) is 0.491. The minimum atomic E-state index is -4.00. The van der Waals surface area contributed by atoms with Gasteiger partial charge in [0.2, 0.25) is 0 Å². The van der Waals surface area contributed by atoms with Crippen molar-refractivity contribution in [1.82, 2.24) is 0 Å². The number of rotatable bonds is 6. The van der Waals surface area contributed by atoms with Crippen LogP contribution in [0.5, 0.6) is 0 Å². The largest absolute Gasteiger partial charge is 0.478 e. The van der Waals surface area contributed by atoms with Crippen molar-refractivity contribution < 1.29 is 23.1 Å². The van der Waals surface area contributed by atoms with Crippen LogP contribution in [0.4, 0.5) is 21.9 Å². The Labute approximate surface area is 167 Å². The molecular formula is C20H17N3O5S. The average molecular weight is 411 g/mol. The third-order valence-electron chi connectivity index (χ3n) is 3.86. The summed E-state index contributed by atoms with van der Waals surface area (Å²) in [5.41, 5.74) is 0.810. The summed E-state index contributed by atoms with van der Waals surface area (Å²) in [6.45, 7) is 0. The molecule has 0 aliphatic carbocycles. The Morgan fingerprint density at radius 2 is 1.28 bits per heavy atom. The van der Waals surface area contributed by atoms with Gasteiger partial charge in [0.15, 0.2) is 0 Å². The molecule has 0 aliphatic rings. The molecule has 0 atom stereocenters. The van der Waals surface area contributed by atoms with E-state index in [2.05, 4.69) is 15.4 Å². The maximum atomic E-state index is 12.5. The lowest BCUT2D eigenvalue weighted by Gasteiger charge is -2.11. The fraction of sp³-hybridized carbons (Fsp3) is 0. The summed E-state index contributed by atoms with van der Waals surface area (Å²) in [4.78, 5) is 23.2. The van der Waals surface area contributed by atoms with E-state index in [0.29, 0.717) is 11.4 Å². The minimum absolute atomic E-state index is 0.0376. The van der Waals surface area contributed by atoms with Crippen molar-refractivity contribution in [2.45, 2.75) is 4.90 Å². The number of para-hydroxylation sites is 2. The fourth-order valence-electron chi connectivity index (χ4n) is 2.49. The zero-order chi connectivity index (χ0) is 20.9. The van der Waals surface area contributed by atoms with E-state index in [1.807, 2.05) is 6.07 Å². The van der Waals surface area contributed by atoms with E-state index >= 15 is 0 Å². The predicted octanol–water partition coefficient (Wildman–Crippen LogP) is 3.83. The lowest BCUT2D eigenvalue weighted by atomic mass is 10.2. The van der Waals surface area contributed by atoms with Crippen molar-refractivity contribution in [3.05, 3.63) is 84.4 Å². The highest BCUT2D eigenvalue weighted by atomic mass is 32.2. The molecule has 2 amide bonds. The molecule has 0 aromatic heterocycles. The van der Waals surface area contributed by atoms with Crippen LogP contribution in [0.25, 0.3) is 0 Å². The number of carboxylic acids is 1. The number of urea groups is 1. The first-order chi connectivity index (χ1) is 13.8. The molecule has 3 aromatic rings. The van der Waals surface area contributed by atoms with Gasteiger partial charge >= 0.3 is 12.0 Å². The summed E-state index contributed by atoms with van der Waals surface area (Å²) >= 11 is 0. The van der Waals surface area contributed by atoms with Crippen molar-refractivity contribution in [2.75, 3.05) is 15.4 Å². The molecule has 0 bridgehead atoms. The standard InChI is InChI=1S/C20H17N3O5S/c24-19(25)17-8-4-5-9-18(17)23-29(27,28)16-12-10-15(11-13-16)22-20(26)21-14-6-2-1-3-7-14/h1-13,23H,(H,24,25)(H2,21,22,26). The Hall–Kier alpha value is -3.85. The maximum absolute atomic E-state index is 12.5. The fourth-order valence-corrected chi connectivity index (χ4v) is 3.57. The number of carbonyl (C=O) groups excluding carboxylic acids is 1. The van der Waals surface area contributed by atoms with Crippen LogP contribution in [0.1, 0.15) is 10.4 Å². The van der Waals surface area contributed by atoms with Crippen LogP contribution in [-0.4, -0.2) is 25.5 Å². The van der Waals surface area contributed by atoms with Crippen molar-refractivity contribution in [3.63, 3.8) is 0 Å². The SMILES string of the molecule is O=C(Nc1ccccc1)Nc1ccc(S(=O)(=O)Nc2ccccc2C(=O)O)cc1. The van der Waals surface area contributed by atoms with E-state index in [1.165, 1.54) is 48.5 Å². The molecule has 29 heavy (non-hydrogen) atoms. The van der Waals surface area contributed by atoms with Gasteiger partial charge in [-0.1, -0.05) is 30.3 Å². The molecule has 3 rings (SSSR count). The third-order valence-corrected chi connectivity index (χ3v) is 5.24. The average Bonchev–Trinajstić information content (AvgIpc) is 2.69. The highest BCUT2D eigenvalue weighted by Crippen LogP contribution is 2.21. The van der Waals surface area contributed by atoms with Crippen LogP contribution in [0.2, 0.25) is 0 Å². The molecule has 0 saturated heterocycles. The first-order valence-electron chi connectivity index (χ1n) is 8.43. The zero-order valence-electron chi connectivity index (χ0n) is 15.0. The first-order valence-corrected chi connectivity index (χ1v) is 9.92. The van der Waals surface area contributed by atoms with Gasteiger partial charge in [0.1, 0.15) is 0 Å². The van der Waals surface area contributed by atoms with Crippen molar-refractivity contribution >= 4 is 39.1 Å². The zero-order valence-corrected chi connectivity index (χ0v) is 15.8. The number of carboxylic acid groups (broad SMARTS) is 1. The Balaban J connectivity index is 1.70. The number of aromatic carboxylic acids is 1. The van der Waals surface area contributed by atoms with E-state index in [-0.39, 0.29) is 16.1 Å². The summed E-state index contributed by atoms with van der Waals surface area (Å²) in [7, 11) is -4.00. The molecule has 0 radical (unpaired) electrons. The number of carbonyl (C=O) groups is 2. The van der Waals surface area contributed by atoms with E-state index in [0.717, 1.165) is 0 Å². The molecule has 0 spiro atoms. The molecule has 0 unspecified atom stereocenters. The molecule has 9 heteroatoms. The van der Waals surface area contributed by atoms with Gasteiger partial charge in [-0.3, -0.25) is 4.72 Å². The minimum Gasteiger partial charge on any atom is -0.478 e. The van der Waals surface area contributed by atoms with Gasteiger partial charge in [-0.25, -0.2) is 18.0 Å². The van der Waals surface area contributed by atoms with Gasteiger partial charge in [0, 0.05) is 11.4 Å². The van der Waals surface area contributed by atoms with Gasteiger partial charge in [-0.15, -0.1) is 0 Å². The topological polar surface area (TPSA) is 125 Å². The van der Waals surface area contributed by atoms with Crippen LogP contribution in [-0.2, 0) is 10.0 Å². The van der Waals surface area contributed by atoms with Gasteiger partial charge in [0.05, 0.1) is 16.1 Å². The summed E-state index contributed by atoms with van der Waals surface area (Å²) in [5, 5.41) is 14.4. The van der Waals surface area contributed by atoms with Gasteiger partial charge in [-0.2, -0.15) is 0 Å². The summed E-state index contributed by atoms with van der Waals surface area (Å²) < 4.78 is 27.4. The highest BCUT2D eigenvalue weighted by molar-refractivity contribution is 7.92. The Morgan fingerprint density at radius 3 is 1.90 bits per heavy atom. The van der Waals surface area contributed by atoms with E-state index in [1.54, 1.807) is 24.3 Å². The van der Waals surface area contributed by atoms with Crippen LogP contribution in [0.15, 0.2) is 83.8 Å². The van der Waals surface area contributed by atoms with Crippen LogP contribution >= 0.6 is 0 Å². The molecule has 0 heterocycles. The number of hydrogen-bond donors (Lipinski definition) is 4. The highest BCUT2D eigenvalue weighted by Gasteiger charge is 2.18. The van der Waals surface area contributed by atoms with Crippen molar-refractivity contribution in [3.8, 4) is 0 Å². The second kappa shape index (κ2) is 8.44. The molecule has 4 N–H and O–H groups in total. The smallest absolute Gasteiger partial charge is 0.337 e. The summed E-state index contributed by atoms with van der Waals surface area (Å²) in [6.07, 6.45) is 0. The lowest BCUT2D eigenvalue weighted by Crippen LogP contribution is -2.19. The second-order valence-electron chi connectivity index (χ2n) is 5.93. The number of benzene rings is 3. The molecule has 148 valence electrons. The lowest BCUT2D eigenvalue weighted by molar-refractivity contribution is 0.0698. The van der Waals surface area contributed by atoms with Crippen molar-refractivity contribution in [2.24, 2.45) is 0 Å². The number of nitrogens with one attached hydrogen (secondary N) is 3. The Bertz CT molecular complexity index is 1130. The number of amides is 2. The molecular weight excluding hydrogens is 394 g/mol. The molecule has 0 fully saturated rings. The second-order valence-corrected chi connectivity index (χ2v) is 7.61. The van der Waals surface area contributed by atoms with Crippen LogP contribution < -0.4 is 15.4 Å².